The Morgan fingerprint density at radius 1 is 1.17 bits per heavy atom. The zero-order valence-electron chi connectivity index (χ0n) is 9.68. The monoisotopic (exact) mass is 237 g/mol. The minimum Gasteiger partial charge on any atom is -0.353 e. The number of hydrogen-bond donors (Lipinski definition) is 1. The maximum absolute atomic E-state index is 12.0. The number of rotatable bonds is 1. The average Bonchev–Trinajstić information content (AvgIpc) is 3.18. The van der Waals surface area contributed by atoms with Gasteiger partial charge in [-0.3, -0.25) is 4.79 Å². The molecule has 4 nitrogen and oxygen atoms in total. The van der Waals surface area contributed by atoms with Crippen LogP contribution in [-0.4, -0.2) is 33.9 Å². The van der Waals surface area contributed by atoms with Gasteiger partial charge in [-0.15, -0.1) is 0 Å². The molecule has 18 heavy (non-hydrogen) atoms. The molecule has 2 aromatic heterocycles. The lowest BCUT2D eigenvalue weighted by Gasteiger charge is -2.00. The molecule has 0 radical (unpaired) electrons. The van der Waals surface area contributed by atoms with Gasteiger partial charge in [0.2, 0.25) is 0 Å². The Kier molecular flexibility index (Phi) is 1.78. The van der Waals surface area contributed by atoms with Crippen LogP contribution in [0.1, 0.15) is 10.5 Å². The van der Waals surface area contributed by atoms with E-state index in [-0.39, 0.29) is 5.91 Å². The summed E-state index contributed by atoms with van der Waals surface area (Å²) in [5.41, 5.74) is 2.58. The molecule has 4 rings (SSSR count). The van der Waals surface area contributed by atoms with Gasteiger partial charge in [0.15, 0.2) is 0 Å². The van der Waals surface area contributed by atoms with E-state index < -0.39 is 0 Å². The Morgan fingerprint density at radius 2 is 2.00 bits per heavy atom. The lowest BCUT2D eigenvalue weighted by atomic mass is 10.1. The fourth-order valence-electron chi connectivity index (χ4n) is 2.28. The number of nitrogens with zero attached hydrogens (tertiary/aromatic N) is 2. The Balaban J connectivity index is 1.97. The molecule has 1 N–H and O–H groups in total. The molecule has 1 aliphatic rings. The Labute approximate surface area is 103 Å². The second-order valence-electron chi connectivity index (χ2n) is 4.58. The first-order valence-corrected chi connectivity index (χ1v) is 5.99. The lowest BCUT2D eigenvalue weighted by molar-refractivity contribution is 0.0880. The second-order valence-corrected chi connectivity index (χ2v) is 4.58. The quantitative estimate of drug-likeness (QED) is 0.659. The normalized spacial score (nSPS) is 14.3. The van der Waals surface area contributed by atoms with Crippen LogP contribution >= 0.6 is 0 Å². The van der Waals surface area contributed by atoms with Gasteiger partial charge < -0.3 is 9.88 Å². The first-order chi connectivity index (χ1) is 8.83. The van der Waals surface area contributed by atoms with Crippen LogP contribution in [0.5, 0.6) is 0 Å². The number of aromatic nitrogens is 2. The molecule has 1 saturated heterocycles. The van der Waals surface area contributed by atoms with E-state index in [1.807, 2.05) is 24.3 Å². The molecular weight excluding hydrogens is 226 g/mol. The number of para-hydroxylation sites is 1. The van der Waals surface area contributed by atoms with Crippen molar-refractivity contribution < 1.29 is 4.79 Å². The maximum Gasteiger partial charge on any atom is 0.272 e. The fourth-order valence-corrected chi connectivity index (χ4v) is 2.28. The third kappa shape index (κ3) is 1.32. The van der Waals surface area contributed by atoms with Crippen LogP contribution < -0.4 is 0 Å². The number of pyridine rings is 1. The molecule has 1 amide bonds. The number of benzene rings is 1. The van der Waals surface area contributed by atoms with Crippen molar-refractivity contribution in [1.29, 1.82) is 0 Å². The molecule has 0 bridgehead atoms. The maximum atomic E-state index is 12.0. The molecule has 1 fully saturated rings. The predicted molar refractivity (Wildman–Crippen MR) is 69.5 cm³/mol. The molecule has 3 heterocycles. The average molecular weight is 237 g/mol. The van der Waals surface area contributed by atoms with Crippen LogP contribution in [0.4, 0.5) is 0 Å². The van der Waals surface area contributed by atoms with Crippen LogP contribution in [0, 0.1) is 0 Å². The molecular formula is C14H11N3O. The molecule has 1 aromatic carbocycles. The van der Waals surface area contributed by atoms with Gasteiger partial charge in [0.1, 0.15) is 5.69 Å². The topological polar surface area (TPSA) is 48.8 Å². The smallest absolute Gasteiger partial charge is 0.272 e. The van der Waals surface area contributed by atoms with Crippen molar-refractivity contribution in [1.82, 2.24) is 14.9 Å². The van der Waals surface area contributed by atoms with Crippen molar-refractivity contribution in [2.75, 3.05) is 13.1 Å². The minimum atomic E-state index is 0.0298. The largest absolute Gasteiger partial charge is 0.353 e. The molecule has 0 spiro atoms. The van der Waals surface area contributed by atoms with E-state index >= 15 is 0 Å². The number of H-pyrrole nitrogens is 1. The standard InChI is InChI=1S/C14H11N3O/c18-14(17-5-6-17)12-7-10-9-3-1-2-4-11(9)16-13(10)8-15-12/h1-4,7-8,16H,5-6H2. The van der Waals surface area contributed by atoms with Gasteiger partial charge in [0.05, 0.1) is 11.7 Å². The molecule has 0 aliphatic carbocycles. The molecule has 4 heteroatoms. The zero-order valence-corrected chi connectivity index (χ0v) is 9.68. The zero-order chi connectivity index (χ0) is 12.1. The summed E-state index contributed by atoms with van der Waals surface area (Å²) in [7, 11) is 0. The molecule has 0 saturated carbocycles. The first-order valence-electron chi connectivity index (χ1n) is 5.99. The van der Waals surface area contributed by atoms with Crippen LogP contribution in [0.3, 0.4) is 0 Å². The van der Waals surface area contributed by atoms with Crippen molar-refractivity contribution >= 4 is 27.7 Å². The summed E-state index contributed by atoms with van der Waals surface area (Å²) in [6, 6.07) is 9.96. The van der Waals surface area contributed by atoms with E-state index in [1.165, 1.54) is 0 Å². The van der Waals surface area contributed by atoms with Crippen molar-refractivity contribution in [3.8, 4) is 0 Å². The number of amides is 1. The number of carbonyl (C=O) groups excluding carboxylic acids is 1. The number of fused-ring (bicyclic) bond motifs is 3. The summed E-state index contributed by atoms with van der Waals surface area (Å²) in [5.74, 6) is 0.0298. The van der Waals surface area contributed by atoms with Crippen molar-refractivity contribution in [3.63, 3.8) is 0 Å². The highest BCUT2D eigenvalue weighted by atomic mass is 16.2. The molecule has 0 atom stereocenters. The number of hydrogen-bond acceptors (Lipinski definition) is 2. The predicted octanol–water partition coefficient (Wildman–Crippen LogP) is 2.17. The van der Waals surface area contributed by atoms with E-state index in [1.54, 1.807) is 11.1 Å². The second kappa shape index (κ2) is 3.32. The molecule has 1 aliphatic heterocycles. The van der Waals surface area contributed by atoms with Crippen LogP contribution in [0.2, 0.25) is 0 Å². The van der Waals surface area contributed by atoms with Gasteiger partial charge in [-0.25, -0.2) is 4.98 Å². The van der Waals surface area contributed by atoms with Crippen LogP contribution in [0.25, 0.3) is 21.8 Å². The summed E-state index contributed by atoms with van der Waals surface area (Å²) in [5, 5.41) is 2.19. The summed E-state index contributed by atoms with van der Waals surface area (Å²) in [6.45, 7) is 1.71. The van der Waals surface area contributed by atoms with Crippen molar-refractivity contribution in [2.24, 2.45) is 0 Å². The Morgan fingerprint density at radius 3 is 2.83 bits per heavy atom. The SMILES string of the molecule is O=C(c1cc2c(cn1)[nH]c1ccccc12)N1CC1. The van der Waals surface area contributed by atoms with E-state index in [9.17, 15) is 4.79 Å². The summed E-state index contributed by atoms with van der Waals surface area (Å²) < 4.78 is 0. The van der Waals surface area contributed by atoms with E-state index in [2.05, 4.69) is 16.0 Å². The molecule has 0 unspecified atom stereocenters. The number of nitrogens with one attached hydrogen (secondary N) is 1. The lowest BCUT2D eigenvalue weighted by Crippen LogP contribution is -2.12. The summed E-state index contributed by atoms with van der Waals surface area (Å²) >= 11 is 0. The van der Waals surface area contributed by atoms with Gasteiger partial charge in [-0.2, -0.15) is 0 Å². The highest BCUT2D eigenvalue weighted by molar-refractivity contribution is 6.09. The third-order valence-electron chi connectivity index (χ3n) is 3.34. The minimum absolute atomic E-state index is 0.0298. The van der Waals surface area contributed by atoms with Gasteiger partial charge in [-0.1, -0.05) is 18.2 Å². The molecule has 3 aromatic rings. The van der Waals surface area contributed by atoms with E-state index in [0.29, 0.717) is 5.69 Å². The number of aromatic amines is 1. The van der Waals surface area contributed by atoms with Crippen molar-refractivity contribution in [3.05, 3.63) is 42.2 Å². The van der Waals surface area contributed by atoms with Crippen molar-refractivity contribution in [2.45, 2.75) is 0 Å². The van der Waals surface area contributed by atoms with Gasteiger partial charge in [0, 0.05) is 29.4 Å². The Hall–Kier alpha value is -2.36. The Bertz CT molecular complexity index is 771. The summed E-state index contributed by atoms with van der Waals surface area (Å²) in [4.78, 5) is 21.3. The first kappa shape index (κ1) is 9.65. The van der Waals surface area contributed by atoms with E-state index in [4.69, 9.17) is 0 Å². The fraction of sp³-hybridized carbons (Fsp3) is 0.143. The van der Waals surface area contributed by atoms with Crippen LogP contribution in [-0.2, 0) is 0 Å². The molecule has 88 valence electrons. The highest BCUT2D eigenvalue weighted by Crippen LogP contribution is 2.25. The summed E-state index contributed by atoms with van der Waals surface area (Å²) in [6.07, 6.45) is 1.74. The van der Waals surface area contributed by atoms with Gasteiger partial charge in [0.25, 0.3) is 5.91 Å². The highest BCUT2D eigenvalue weighted by Gasteiger charge is 2.26. The number of carbonyl (C=O) groups is 1. The van der Waals surface area contributed by atoms with E-state index in [0.717, 1.165) is 34.9 Å². The third-order valence-corrected chi connectivity index (χ3v) is 3.34. The van der Waals surface area contributed by atoms with Crippen LogP contribution in [0.15, 0.2) is 36.5 Å². The van der Waals surface area contributed by atoms with Gasteiger partial charge >= 0.3 is 0 Å². The van der Waals surface area contributed by atoms with Gasteiger partial charge in [-0.05, 0) is 12.1 Å².